The van der Waals surface area contributed by atoms with Crippen molar-refractivity contribution in [2.45, 2.75) is 69.0 Å². The van der Waals surface area contributed by atoms with E-state index in [0.717, 1.165) is 53.1 Å². The third-order valence-electron chi connectivity index (χ3n) is 8.58. The summed E-state index contributed by atoms with van der Waals surface area (Å²) in [6.45, 7) is 1.25. The Morgan fingerprint density at radius 3 is 2.15 bits per heavy atom. The van der Waals surface area contributed by atoms with Gasteiger partial charge in [-0.2, -0.15) is 0 Å². The zero-order valence-electron chi connectivity index (χ0n) is 26.6. The monoisotopic (exact) mass is 725 g/mol. The van der Waals surface area contributed by atoms with Crippen LogP contribution in [0, 0.1) is 6.92 Å². The molecule has 0 aliphatic heterocycles. The van der Waals surface area contributed by atoms with Crippen molar-refractivity contribution >= 4 is 62.3 Å². The molecule has 1 N–H and O–H groups in total. The van der Waals surface area contributed by atoms with Crippen LogP contribution in [-0.4, -0.2) is 43.8 Å². The fourth-order valence-electron chi connectivity index (χ4n) is 5.92. The molecule has 0 heterocycles. The number of rotatable bonds is 12. The van der Waals surface area contributed by atoms with Crippen molar-refractivity contribution in [3.63, 3.8) is 0 Å². The highest BCUT2D eigenvalue weighted by molar-refractivity contribution is 7.92. The molecule has 1 aliphatic carbocycles. The summed E-state index contributed by atoms with van der Waals surface area (Å²) in [5.41, 5.74) is 2.51. The number of sulfonamides is 1. The smallest absolute Gasteiger partial charge is 0.264 e. The summed E-state index contributed by atoms with van der Waals surface area (Å²) >= 11 is 19.1. The molecule has 7 nitrogen and oxygen atoms in total. The van der Waals surface area contributed by atoms with Crippen LogP contribution in [-0.2, 0) is 32.6 Å². The highest BCUT2D eigenvalue weighted by Crippen LogP contribution is 2.36. The van der Waals surface area contributed by atoms with Gasteiger partial charge in [0.25, 0.3) is 10.0 Å². The van der Waals surface area contributed by atoms with Crippen LogP contribution in [0.15, 0.2) is 102 Å². The maximum Gasteiger partial charge on any atom is 0.264 e. The van der Waals surface area contributed by atoms with E-state index in [1.807, 2.05) is 37.3 Å². The van der Waals surface area contributed by atoms with Crippen molar-refractivity contribution in [3.8, 4) is 0 Å². The Morgan fingerprint density at radius 2 is 1.48 bits per heavy atom. The van der Waals surface area contributed by atoms with Gasteiger partial charge in [-0.1, -0.05) is 120 Å². The fraction of sp³-hybridized carbons (Fsp3) is 0.297. The van der Waals surface area contributed by atoms with E-state index in [-0.39, 0.29) is 45.5 Å². The summed E-state index contributed by atoms with van der Waals surface area (Å²) in [4.78, 5) is 30.4. The van der Waals surface area contributed by atoms with Crippen molar-refractivity contribution < 1.29 is 18.0 Å². The Labute approximate surface area is 297 Å². The highest BCUT2D eigenvalue weighted by Gasteiger charge is 2.36. The number of hydrogen-bond donors (Lipinski definition) is 1. The number of aryl methyl sites for hydroxylation is 1. The predicted molar refractivity (Wildman–Crippen MR) is 193 cm³/mol. The van der Waals surface area contributed by atoms with Crippen LogP contribution < -0.4 is 9.62 Å². The van der Waals surface area contributed by atoms with E-state index in [2.05, 4.69) is 5.32 Å². The van der Waals surface area contributed by atoms with Crippen LogP contribution in [0.1, 0.15) is 48.8 Å². The standard InChI is InChI=1S/C37H38Cl3N3O4S/c1-26-15-21-31(22-16-26)48(46,47)43(33-14-8-13-32(39)36(33)40)25-35(44)42(24-28-17-19-29(38)20-18-28)34(23-27-9-4-2-5-10-27)37(45)41-30-11-6-3-7-12-30/h2,4-5,8-10,13-22,30,34H,3,6-7,11-12,23-25H2,1H3,(H,41,45)/t34-/m1/s1. The lowest BCUT2D eigenvalue weighted by molar-refractivity contribution is -0.140. The van der Waals surface area contributed by atoms with Crippen LogP contribution in [0.2, 0.25) is 15.1 Å². The SMILES string of the molecule is Cc1ccc(S(=O)(=O)N(CC(=O)N(Cc2ccc(Cl)cc2)[C@H](Cc2ccccc2)C(=O)NC2CCCCC2)c2cccc(Cl)c2Cl)cc1. The number of nitrogens with zero attached hydrogens (tertiary/aromatic N) is 2. The molecule has 1 aliphatic rings. The van der Waals surface area contributed by atoms with Crippen molar-refractivity contribution in [1.29, 1.82) is 0 Å². The second-order valence-corrected chi connectivity index (χ2v) is 15.2. The number of halogens is 3. The van der Waals surface area contributed by atoms with Gasteiger partial charge in [-0.15, -0.1) is 0 Å². The number of anilines is 1. The minimum atomic E-state index is -4.32. The van der Waals surface area contributed by atoms with Gasteiger partial charge in [-0.05, 0) is 67.3 Å². The second-order valence-electron chi connectivity index (χ2n) is 12.1. The summed E-state index contributed by atoms with van der Waals surface area (Å²) in [6, 6.07) is 26.5. The third kappa shape index (κ3) is 8.91. The Bertz CT molecular complexity index is 1820. The van der Waals surface area contributed by atoms with Crippen LogP contribution in [0.4, 0.5) is 5.69 Å². The van der Waals surface area contributed by atoms with E-state index in [4.69, 9.17) is 34.8 Å². The van der Waals surface area contributed by atoms with E-state index in [9.17, 15) is 18.0 Å². The van der Waals surface area contributed by atoms with Crippen LogP contribution in [0.25, 0.3) is 0 Å². The molecule has 0 aromatic heterocycles. The maximum absolute atomic E-state index is 14.7. The first-order chi connectivity index (χ1) is 23.0. The molecule has 0 saturated heterocycles. The van der Waals surface area contributed by atoms with Gasteiger partial charge >= 0.3 is 0 Å². The van der Waals surface area contributed by atoms with E-state index < -0.39 is 28.5 Å². The number of nitrogens with one attached hydrogen (secondary N) is 1. The van der Waals surface area contributed by atoms with Crippen molar-refractivity contribution in [1.82, 2.24) is 10.2 Å². The van der Waals surface area contributed by atoms with Gasteiger partial charge in [0.1, 0.15) is 12.6 Å². The molecule has 1 atom stereocenters. The Balaban J connectivity index is 1.58. The van der Waals surface area contributed by atoms with Crippen LogP contribution >= 0.6 is 34.8 Å². The van der Waals surface area contributed by atoms with Gasteiger partial charge < -0.3 is 10.2 Å². The van der Waals surface area contributed by atoms with Crippen molar-refractivity contribution in [2.75, 3.05) is 10.8 Å². The average Bonchev–Trinajstić information content (AvgIpc) is 3.08. The molecule has 5 rings (SSSR count). The number of amides is 2. The van der Waals surface area contributed by atoms with Gasteiger partial charge in [0.15, 0.2) is 0 Å². The number of carbonyl (C=O) groups is 2. The number of carbonyl (C=O) groups excluding carboxylic acids is 2. The number of benzene rings is 4. The molecule has 0 unspecified atom stereocenters. The van der Waals surface area contributed by atoms with E-state index in [1.165, 1.54) is 23.1 Å². The summed E-state index contributed by atoms with van der Waals surface area (Å²) in [5, 5.41) is 3.86. The van der Waals surface area contributed by atoms with Gasteiger partial charge in [0, 0.05) is 24.0 Å². The fourth-order valence-corrected chi connectivity index (χ4v) is 7.92. The van der Waals surface area contributed by atoms with Gasteiger partial charge in [0.2, 0.25) is 11.8 Å². The van der Waals surface area contributed by atoms with Crippen LogP contribution in [0.5, 0.6) is 0 Å². The van der Waals surface area contributed by atoms with Gasteiger partial charge in [-0.3, -0.25) is 13.9 Å². The maximum atomic E-state index is 14.7. The zero-order valence-corrected chi connectivity index (χ0v) is 29.7. The average molecular weight is 727 g/mol. The summed E-state index contributed by atoms with van der Waals surface area (Å²) in [5.74, 6) is -0.877. The highest BCUT2D eigenvalue weighted by atomic mass is 35.5. The molecule has 11 heteroatoms. The lowest BCUT2D eigenvalue weighted by Crippen LogP contribution is -2.55. The van der Waals surface area contributed by atoms with Crippen LogP contribution in [0.3, 0.4) is 0 Å². The largest absolute Gasteiger partial charge is 0.352 e. The van der Waals surface area contributed by atoms with E-state index >= 15 is 0 Å². The zero-order chi connectivity index (χ0) is 34.3. The third-order valence-corrected chi connectivity index (χ3v) is 11.4. The first-order valence-electron chi connectivity index (χ1n) is 15.9. The Hall–Kier alpha value is -3.56. The van der Waals surface area contributed by atoms with Gasteiger partial charge in [-0.25, -0.2) is 8.42 Å². The molecule has 0 spiro atoms. The lowest BCUT2D eigenvalue weighted by Gasteiger charge is -2.35. The normalized spacial score (nSPS) is 14.2. The first kappa shape index (κ1) is 35.7. The first-order valence-corrected chi connectivity index (χ1v) is 18.5. The summed E-state index contributed by atoms with van der Waals surface area (Å²) in [7, 11) is -4.32. The summed E-state index contributed by atoms with van der Waals surface area (Å²) in [6.07, 6.45) is 5.12. The van der Waals surface area contributed by atoms with E-state index in [1.54, 1.807) is 48.5 Å². The topological polar surface area (TPSA) is 86.8 Å². The molecule has 2 amide bonds. The molecule has 252 valence electrons. The second kappa shape index (κ2) is 16.2. The minimum absolute atomic E-state index is 0.000637. The van der Waals surface area contributed by atoms with Crippen molar-refractivity contribution in [2.24, 2.45) is 0 Å². The Kier molecular flexibility index (Phi) is 12.1. The quantitative estimate of drug-likeness (QED) is 0.159. The molecule has 48 heavy (non-hydrogen) atoms. The molecule has 1 fully saturated rings. The summed E-state index contributed by atoms with van der Waals surface area (Å²) < 4.78 is 29.5. The lowest BCUT2D eigenvalue weighted by atomic mass is 9.94. The molecule has 0 radical (unpaired) electrons. The molecule has 4 aromatic rings. The van der Waals surface area contributed by atoms with Gasteiger partial charge in [0.05, 0.1) is 20.6 Å². The molecular formula is C37H38Cl3N3O4S. The molecule has 4 aromatic carbocycles. The van der Waals surface area contributed by atoms with E-state index in [0.29, 0.717) is 5.02 Å². The van der Waals surface area contributed by atoms with Crippen molar-refractivity contribution in [3.05, 3.63) is 129 Å². The number of hydrogen-bond acceptors (Lipinski definition) is 4. The minimum Gasteiger partial charge on any atom is -0.352 e. The predicted octanol–water partition coefficient (Wildman–Crippen LogP) is 8.24. The molecule has 0 bridgehead atoms. The molecular weight excluding hydrogens is 689 g/mol. The Morgan fingerprint density at radius 1 is 0.812 bits per heavy atom. The molecule has 1 saturated carbocycles.